The van der Waals surface area contributed by atoms with Crippen LogP contribution in [0.1, 0.15) is 19.3 Å². The number of piperidine rings is 1. The molecule has 3 nitrogen and oxygen atoms in total. The Hall–Kier alpha value is -1.51. The van der Waals surface area contributed by atoms with Crippen molar-refractivity contribution in [3.05, 3.63) is 30.3 Å². The fraction of sp³-hybridized carbons (Fsp3) is 0.462. The second kappa shape index (κ2) is 3.51. The number of rotatable bonds is 2. The van der Waals surface area contributed by atoms with Crippen LogP contribution in [-0.2, 0) is 4.79 Å². The highest BCUT2D eigenvalue weighted by Crippen LogP contribution is 2.44. The third kappa shape index (κ3) is 1.31. The molecule has 3 unspecified atom stereocenters. The molecule has 3 atom stereocenters. The molecule has 2 aliphatic rings. The van der Waals surface area contributed by atoms with Gasteiger partial charge in [-0.05, 0) is 37.3 Å². The van der Waals surface area contributed by atoms with E-state index in [4.69, 9.17) is 0 Å². The number of hydrogen-bond acceptors (Lipinski definition) is 2. The van der Waals surface area contributed by atoms with Crippen LogP contribution in [0.5, 0.6) is 0 Å². The number of carboxylic acid groups (broad SMARTS) is 1. The zero-order valence-electron chi connectivity index (χ0n) is 9.04. The van der Waals surface area contributed by atoms with Gasteiger partial charge in [0, 0.05) is 11.7 Å². The summed E-state index contributed by atoms with van der Waals surface area (Å²) in [6, 6.07) is 10.1. The fourth-order valence-corrected chi connectivity index (χ4v) is 3.28. The van der Waals surface area contributed by atoms with Crippen molar-refractivity contribution in [2.75, 3.05) is 4.90 Å². The van der Waals surface area contributed by atoms with E-state index in [2.05, 4.69) is 4.90 Å². The number of nitrogens with zero attached hydrogens (tertiary/aromatic N) is 1. The monoisotopic (exact) mass is 217 g/mol. The van der Waals surface area contributed by atoms with Crippen molar-refractivity contribution >= 4 is 11.7 Å². The Bertz CT molecular complexity index is 404. The quantitative estimate of drug-likeness (QED) is 0.825. The van der Waals surface area contributed by atoms with Crippen LogP contribution in [0.25, 0.3) is 0 Å². The third-order valence-corrected chi connectivity index (χ3v) is 3.89. The van der Waals surface area contributed by atoms with E-state index in [9.17, 15) is 9.90 Å². The van der Waals surface area contributed by atoms with Crippen LogP contribution in [0.4, 0.5) is 5.69 Å². The second-order valence-electron chi connectivity index (χ2n) is 4.75. The largest absolute Gasteiger partial charge is 0.480 e. The molecule has 3 heteroatoms. The number of carboxylic acids is 1. The lowest BCUT2D eigenvalue weighted by atomic mass is 9.98. The fourth-order valence-electron chi connectivity index (χ4n) is 3.28. The van der Waals surface area contributed by atoms with Crippen LogP contribution < -0.4 is 4.90 Å². The highest BCUT2D eigenvalue weighted by atomic mass is 16.4. The molecule has 16 heavy (non-hydrogen) atoms. The van der Waals surface area contributed by atoms with Gasteiger partial charge in [-0.15, -0.1) is 0 Å². The van der Waals surface area contributed by atoms with E-state index >= 15 is 0 Å². The van der Waals surface area contributed by atoms with E-state index in [1.807, 2.05) is 30.3 Å². The van der Waals surface area contributed by atoms with Crippen molar-refractivity contribution in [3.63, 3.8) is 0 Å². The number of aliphatic carboxylic acids is 1. The summed E-state index contributed by atoms with van der Waals surface area (Å²) in [6.07, 6.45) is 3.26. The minimum absolute atomic E-state index is 0.304. The molecule has 1 saturated carbocycles. The number of para-hydroxylation sites is 1. The molecule has 2 fully saturated rings. The van der Waals surface area contributed by atoms with Gasteiger partial charge in [0.05, 0.1) is 0 Å². The van der Waals surface area contributed by atoms with Gasteiger partial charge in [0.2, 0.25) is 0 Å². The van der Waals surface area contributed by atoms with Crippen molar-refractivity contribution < 1.29 is 9.90 Å². The molecule has 1 aliphatic carbocycles. The summed E-state index contributed by atoms with van der Waals surface area (Å²) < 4.78 is 0. The average molecular weight is 217 g/mol. The molecule has 0 radical (unpaired) electrons. The summed E-state index contributed by atoms with van der Waals surface area (Å²) in [5, 5.41) is 9.33. The Labute approximate surface area is 94.7 Å². The van der Waals surface area contributed by atoms with E-state index in [0.29, 0.717) is 12.0 Å². The molecule has 2 bridgehead atoms. The highest BCUT2D eigenvalue weighted by Gasteiger charge is 2.49. The van der Waals surface area contributed by atoms with Crippen LogP contribution in [-0.4, -0.2) is 23.2 Å². The summed E-state index contributed by atoms with van der Waals surface area (Å²) in [7, 11) is 0. The zero-order chi connectivity index (χ0) is 11.1. The third-order valence-electron chi connectivity index (χ3n) is 3.89. The first-order chi connectivity index (χ1) is 7.77. The summed E-state index contributed by atoms with van der Waals surface area (Å²) in [5.41, 5.74) is 1.06. The minimum atomic E-state index is -0.670. The average Bonchev–Trinajstić information content (AvgIpc) is 2.89. The van der Waals surface area contributed by atoms with Crippen molar-refractivity contribution in [2.24, 2.45) is 5.92 Å². The predicted octanol–water partition coefficient (Wildman–Crippen LogP) is 2.13. The Morgan fingerprint density at radius 1 is 1.25 bits per heavy atom. The molecule has 0 aromatic heterocycles. The summed E-state index contributed by atoms with van der Waals surface area (Å²) in [6.45, 7) is 0. The lowest BCUT2D eigenvalue weighted by Crippen LogP contribution is -2.45. The number of carbonyl (C=O) groups is 1. The van der Waals surface area contributed by atoms with E-state index in [1.54, 1.807) is 0 Å². The van der Waals surface area contributed by atoms with Crippen LogP contribution >= 0.6 is 0 Å². The normalized spacial score (nSPS) is 32.0. The van der Waals surface area contributed by atoms with E-state index in [-0.39, 0.29) is 6.04 Å². The first-order valence-electron chi connectivity index (χ1n) is 5.83. The van der Waals surface area contributed by atoms with E-state index < -0.39 is 5.97 Å². The van der Waals surface area contributed by atoms with Crippen LogP contribution in [0, 0.1) is 5.92 Å². The molecule has 0 amide bonds. The van der Waals surface area contributed by atoms with E-state index in [0.717, 1.165) is 24.9 Å². The van der Waals surface area contributed by atoms with Gasteiger partial charge < -0.3 is 10.0 Å². The highest BCUT2D eigenvalue weighted by molar-refractivity contribution is 5.80. The summed E-state index contributed by atoms with van der Waals surface area (Å²) in [5.74, 6) is -0.321. The Balaban J connectivity index is 1.97. The van der Waals surface area contributed by atoms with Crippen molar-refractivity contribution in [2.45, 2.75) is 31.3 Å². The SMILES string of the molecule is O=C(O)C1C2CCC(C2)N1c1ccccc1. The molecule has 84 valence electrons. The van der Waals surface area contributed by atoms with Crippen LogP contribution in [0.2, 0.25) is 0 Å². The van der Waals surface area contributed by atoms with Crippen LogP contribution in [0.15, 0.2) is 30.3 Å². The van der Waals surface area contributed by atoms with Gasteiger partial charge in [0.1, 0.15) is 6.04 Å². The predicted molar refractivity (Wildman–Crippen MR) is 61.5 cm³/mol. The van der Waals surface area contributed by atoms with Gasteiger partial charge in [-0.1, -0.05) is 18.2 Å². The molecule has 1 aromatic rings. The first kappa shape index (κ1) is 9.70. The number of anilines is 1. The first-order valence-corrected chi connectivity index (χ1v) is 5.83. The van der Waals surface area contributed by atoms with Gasteiger partial charge in [0.25, 0.3) is 0 Å². The minimum Gasteiger partial charge on any atom is -0.480 e. The molecule has 1 N–H and O–H groups in total. The smallest absolute Gasteiger partial charge is 0.326 e. The lowest BCUT2D eigenvalue weighted by Gasteiger charge is -2.34. The maximum Gasteiger partial charge on any atom is 0.326 e. The van der Waals surface area contributed by atoms with Gasteiger partial charge >= 0.3 is 5.97 Å². The van der Waals surface area contributed by atoms with Crippen LogP contribution in [0.3, 0.4) is 0 Å². The number of hydrogen-bond donors (Lipinski definition) is 1. The van der Waals surface area contributed by atoms with Crippen molar-refractivity contribution in [3.8, 4) is 0 Å². The van der Waals surface area contributed by atoms with Crippen molar-refractivity contribution in [1.82, 2.24) is 0 Å². The summed E-state index contributed by atoms with van der Waals surface area (Å²) >= 11 is 0. The molecular formula is C13H15NO2. The molecule has 3 rings (SSSR count). The molecule has 1 aliphatic heterocycles. The Morgan fingerprint density at radius 2 is 2.00 bits per heavy atom. The Kier molecular flexibility index (Phi) is 2.13. The van der Waals surface area contributed by atoms with E-state index in [1.165, 1.54) is 0 Å². The topological polar surface area (TPSA) is 40.5 Å². The standard InChI is InChI=1S/C13H15NO2/c15-13(16)12-9-6-7-11(8-9)14(12)10-4-2-1-3-5-10/h1-5,9,11-12H,6-8H2,(H,15,16). The second-order valence-corrected chi connectivity index (χ2v) is 4.75. The molecule has 1 aromatic carbocycles. The van der Waals surface area contributed by atoms with Gasteiger partial charge in [-0.2, -0.15) is 0 Å². The summed E-state index contributed by atoms with van der Waals surface area (Å²) in [4.78, 5) is 13.4. The maximum atomic E-state index is 11.3. The van der Waals surface area contributed by atoms with Gasteiger partial charge in [0.15, 0.2) is 0 Å². The maximum absolute atomic E-state index is 11.3. The number of fused-ring (bicyclic) bond motifs is 2. The molecule has 0 spiro atoms. The van der Waals surface area contributed by atoms with Crippen molar-refractivity contribution in [1.29, 1.82) is 0 Å². The molecular weight excluding hydrogens is 202 g/mol. The number of benzene rings is 1. The van der Waals surface area contributed by atoms with Gasteiger partial charge in [-0.3, -0.25) is 0 Å². The molecule has 1 heterocycles. The zero-order valence-corrected chi connectivity index (χ0v) is 9.04. The van der Waals surface area contributed by atoms with Gasteiger partial charge in [-0.25, -0.2) is 4.79 Å². The molecule has 1 saturated heterocycles. The lowest BCUT2D eigenvalue weighted by molar-refractivity contribution is -0.139. The Morgan fingerprint density at radius 3 is 2.69 bits per heavy atom.